The zero-order valence-electron chi connectivity index (χ0n) is 11.5. The Labute approximate surface area is 114 Å². The Hall–Kier alpha value is -1.26. The van der Waals surface area contributed by atoms with Crippen molar-refractivity contribution in [1.29, 1.82) is 0 Å². The minimum Gasteiger partial charge on any atom is -0.486 e. The fourth-order valence-corrected chi connectivity index (χ4v) is 2.84. The zero-order chi connectivity index (χ0) is 13.2. The average molecular weight is 262 g/mol. The minimum atomic E-state index is 0.378. The third-order valence-corrected chi connectivity index (χ3v) is 4.17. The van der Waals surface area contributed by atoms with E-state index in [4.69, 9.17) is 15.2 Å². The van der Waals surface area contributed by atoms with Crippen LogP contribution in [0.15, 0.2) is 18.2 Å². The molecular weight excluding hydrogens is 240 g/mol. The molecule has 0 aromatic heterocycles. The van der Waals surface area contributed by atoms with Crippen LogP contribution in [0.5, 0.6) is 11.5 Å². The van der Waals surface area contributed by atoms with E-state index in [0.29, 0.717) is 25.3 Å². The second-order valence-corrected chi connectivity index (χ2v) is 5.45. The first-order valence-electron chi connectivity index (χ1n) is 7.13. The molecule has 3 rings (SSSR count). The number of nitrogens with zero attached hydrogens (tertiary/aromatic N) is 1. The number of likely N-dealkylation sites (tertiary alicyclic amines) is 1. The van der Waals surface area contributed by atoms with Crippen LogP contribution in [-0.2, 0) is 0 Å². The summed E-state index contributed by atoms with van der Waals surface area (Å²) in [6, 6.07) is 7.07. The maximum atomic E-state index is 5.96. The largest absolute Gasteiger partial charge is 0.486 e. The molecule has 1 atom stereocenters. The number of hydrogen-bond donors (Lipinski definition) is 1. The SMILES string of the molecule is CC(c1ccc2c(c1)OCCO2)N1CCC(N)CC1. The Balaban J connectivity index is 1.74. The number of fused-ring (bicyclic) bond motifs is 1. The van der Waals surface area contributed by atoms with E-state index in [0.717, 1.165) is 37.4 Å². The van der Waals surface area contributed by atoms with E-state index in [2.05, 4.69) is 24.0 Å². The van der Waals surface area contributed by atoms with Gasteiger partial charge in [-0.3, -0.25) is 4.90 Å². The highest BCUT2D eigenvalue weighted by Crippen LogP contribution is 2.34. The summed E-state index contributed by atoms with van der Waals surface area (Å²) in [6.07, 6.45) is 2.18. The molecule has 104 valence electrons. The predicted octanol–water partition coefficient (Wildman–Crippen LogP) is 1.94. The molecule has 0 bridgehead atoms. The van der Waals surface area contributed by atoms with Crippen molar-refractivity contribution in [2.45, 2.75) is 31.8 Å². The molecule has 2 aliphatic heterocycles. The van der Waals surface area contributed by atoms with Crippen LogP contribution in [0.4, 0.5) is 0 Å². The van der Waals surface area contributed by atoms with Crippen LogP contribution >= 0.6 is 0 Å². The molecule has 1 fully saturated rings. The highest BCUT2D eigenvalue weighted by atomic mass is 16.6. The molecule has 19 heavy (non-hydrogen) atoms. The van der Waals surface area contributed by atoms with Crippen LogP contribution < -0.4 is 15.2 Å². The molecule has 0 radical (unpaired) electrons. The van der Waals surface area contributed by atoms with Gasteiger partial charge in [-0.25, -0.2) is 0 Å². The van der Waals surface area contributed by atoms with E-state index >= 15 is 0 Å². The Bertz CT molecular complexity index is 442. The first-order valence-corrected chi connectivity index (χ1v) is 7.13. The lowest BCUT2D eigenvalue weighted by molar-refractivity contribution is 0.159. The second-order valence-electron chi connectivity index (χ2n) is 5.45. The zero-order valence-corrected chi connectivity index (χ0v) is 11.5. The van der Waals surface area contributed by atoms with Crippen LogP contribution in [0.1, 0.15) is 31.4 Å². The molecule has 0 aliphatic carbocycles. The van der Waals surface area contributed by atoms with Crippen LogP contribution in [0, 0.1) is 0 Å². The van der Waals surface area contributed by atoms with Gasteiger partial charge in [-0.2, -0.15) is 0 Å². The fraction of sp³-hybridized carbons (Fsp3) is 0.600. The van der Waals surface area contributed by atoms with Gasteiger partial charge in [-0.05, 0) is 37.5 Å². The van der Waals surface area contributed by atoms with Gasteiger partial charge in [-0.1, -0.05) is 6.07 Å². The van der Waals surface area contributed by atoms with Crippen LogP contribution in [0.25, 0.3) is 0 Å². The Morgan fingerprint density at radius 3 is 2.58 bits per heavy atom. The van der Waals surface area contributed by atoms with Gasteiger partial charge in [0.05, 0.1) is 0 Å². The Morgan fingerprint density at radius 2 is 1.84 bits per heavy atom. The van der Waals surface area contributed by atoms with E-state index in [1.165, 1.54) is 5.56 Å². The van der Waals surface area contributed by atoms with Crippen molar-refractivity contribution >= 4 is 0 Å². The van der Waals surface area contributed by atoms with Crippen molar-refractivity contribution in [3.63, 3.8) is 0 Å². The van der Waals surface area contributed by atoms with Crippen molar-refractivity contribution in [2.75, 3.05) is 26.3 Å². The van der Waals surface area contributed by atoms with Crippen LogP contribution in [0.3, 0.4) is 0 Å². The molecule has 1 aromatic rings. The van der Waals surface area contributed by atoms with Gasteiger partial charge < -0.3 is 15.2 Å². The van der Waals surface area contributed by atoms with Gasteiger partial charge in [0.15, 0.2) is 11.5 Å². The van der Waals surface area contributed by atoms with E-state index in [1.54, 1.807) is 0 Å². The van der Waals surface area contributed by atoms with Crippen molar-refractivity contribution in [1.82, 2.24) is 4.90 Å². The summed E-state index contributed by atoms with van der Waals surface area (Å²) in [5.41, 5.74) is 7.26. The smallest absolute Gasteiger partial charge is 0.161 e. The first-order chi connectivity index (χ1) is 9.24. The summed E-state index contributed by atoms with van der Waals surface area (Å²) in [7, 11) is 0. The predicted molar refractivity (Wildman–Crippen MR) is 74.6 cm³/mol. The normalized spacial score (nSPS) is 22.2. The van der Waals surface area contributed by atoms with Gasteiger partial charge in [0.2, 0.25) is 0 Å². The minimum absolute atomic E-state index is 0.378. The quantitative estimate of drug-likeness (QED) is 0.885. The third-order valence-electron chi connectivity index (χ3n) is 4.17. The number of nitrogens with two attached hydrogens (primary N) is 1. The van der Waals surface area contributed by atoms with Crippen molar-refractivity contribution < 1.29 is 9.47 Å². The van der Waals surface area contributed by atoms with E-state index in [-0.39, 0.29) is 0 Å². The number of piperidine rings is 1. The summed E-state index contributed by atoms with van der Waals surface area (Å²) < 4.78 is 11.2. The molecule has 1 aromatic carbocycles. The Kier molecular flexibility index (Phi) is 3.62. The third kappa shape index (κ3) is 2.69. The molecule has 2 N–H and O–H groups in total. The lowest BCUT2D eigenvalue weighted by atomic mass is 10.0. The van der Waals surface area contributed by atoms with Crippen LogP contribution in [0.2, 0.25) is 0 Å². The van der Waals surface area contributed by atoms with E-state index in [1.807, 2.05) is 6.07 Å². The summed E-state index contributed by atoms with van der Waals surface area (Å²) >= 11 is 0. The first kappa shape index (κ1) is 12.8. The van der Waals surface area contributed by atoms with Gasteiger partial charge in [0, 0.05) is 25.2 Å². The van der Waals surface area contributed by atoms with Gasteiger partial charge in [0.1, 0.15) is 13.2 Å². The molecule has 2 aliphatic rings. The number of rotatable bonds is 2. The van der Waals surface area contributed by atoms with Crippen molar-refractivity contribution in [2.24, 2.45) is 5.73 Å². The monoisotopic (exact) mass is 262 g/mol. The molecule has 1 saturated heterocycles. The molecule has 4 heteroatoms. The van der Waals surface area contributed by atoms with Crippen molar-refractivity contribution in [3.05, 3.63) is 23.8 Å². The summed E-state index contributed by atoms with van der Waals surface area (Å²) in [4.78, 5) is 2.49. The van der Waals surface area contributed by atoms with Gasteiger partial charge in [0.25, 0.3) is 0 Å². The molecular formula is C15H22N2O2. The molecule has 0 amide bonds. The Morgan fingerprint density at radius 1 is 1.16 bits per heavy atom. The van der Waals surface area contributed by atoms with Gasteiger partial charge >= 0.3 is 0 Å². The summed E-state index contributed by atoms with van der Waals surface area (Å²) in [5, 5.41) is 0. The molecule has 0 saturated carbocycles. The average Bonchev–Trinajstić information content (AvgIpc) is 2.47. The summed E-state index contributed by atoms with van der Waals surface area (Å²) in [6.45, 7) is 5.70. The lowest BCUT2D eigenvalue weighted by Gasteiger charge is -2.35. The maximum Gasteiger partial charge on any atom is 0.161 e. The highest BCUT2D eigenvalue weighted by Gasteiger charge is 2.23. The lowest BCUT2D eigenvalue weighted by Crippen LogP contribution is -2.40. The topological polar surface area (TPSA) is 47.7 Å². The van der Waals surface area contributed by atoms with Gasteiger partial charge in [-0.15, -0.1) is 0 Å². The van der Waals surface area contributed by atoms with Crippen LogP contribution in [-0.4, -0.2) is 37.2 Å². The molecule has 4 nitrogen and oxygen atoms in total. The number of ether oxygens (including phenoxy) is 2. The fourth-order valence-electron chi connectivity index (χ4n) is 2.84. The van der Waals surface area contributed by atoms with Crippen molar-refractivity contribution in [3.8, 4) is 11.5 Å². The highest BCUT2D eigenvalue weighted by molar-refractivity contribution is 5.44. The summed E-state index contributed by atoms with van der Waals surface area (Å²) in [5.74, 6) is 1.74. The molecule has 2 heterocycles. The van der Waals surface area contributed by atoms with E-state index in [9.17, 15) is 0 Å². The number of hydrogen-bond acceptors (Lipinski definition) is 4. The maximum absolute atomic E-state index is 5.96. The van der Waals surface area contributed by atoms with E-state index < -0.39 is 0 Å². The molecule has 1 unspecified atom stereocenters. The number of benzene rings is 1. The standard InChI is InChI=1S/C15H22N2O2/c1-11(17-6-4-13(16)5-7-17)12-2-3-14-15(10-12)19-9-8-18-14/h2-3,10-11,13H,4-9,16H2,1H3. The second kappa shape index (κ2) is 5.39. The molecule has 0 spiro atoms.